The number of allylic oxidation sites excluding steroid dienone is 3. The smallest absolute Gasteiger partial charge is 0.252 e. The SMILES string of the molecule is C=C/C=C\C1=CB2c3cc(-c4ccccc4)ccc3Oc3cccc(c32)O1. The quantitative estimate of drug-likeness (QED) is 0.508. The highest BCUT2D eigenvalue weighted by Gasteiger charge is 2.35. The highest BCUT2D eigenvalue weighted by molar-refractivity contribution is 6.91. The molecule has 0 atom stereocenters. The molecule has 2 nitrogen and oxygen atoms in total. The second kappa shape index (κ2) is 6.37. The normalized spacial score (nSPS) is 13.9. The standard InChI is InChI=1S/C24H17BO2/c1-2-3-10-19-16-25-20-15-18(17-8-5-4-6-9-17)13-14-21(20)27-23-12-7-11-22(26-19)24(23)25/h2-16H,1H2/b10-3-. The molecule has 27 heavy (non-hydrogen) atoms. The fourth-order valence-electron chi connectivity index (χ4n) is 3.73. The van der Waals surface area contributed by atoms with Gasteiger partial charge in [-0.1, -0.05) is 73.2 Å². The van der Waals surface area contributed by atoms with E-state index in [4.69, 9.17) is 9.47 Å². The molecule has 3 aromatic carbocycles. The van der Waals surface area contributed by atoms with Crippen molar-refractivity contribution < 1.29 is 9.47 Å². The molecule has 0 N–H and O–H groups in total. The number of hydrogen-bond donors (Lipinski definition) is 0. The fraction of sp³-hybridized carbons (Fsp3) is 0. The van der Waals surface area contributed by atoms with Gasteiger partial charge in [0.25, 0.3) is 6.71 Å². The van der Waals surface area contributed by atoms with Crippen LogP contribution >= 0.6 is 0 Å². The molecular weight excluding hydrogens is 331 g/mol. The molecule has 0 amide bonds. The van der Waals surface area contributed by atoms with Crippen molar-refractivity contribution >= 4 is 17.6 Å². The van der Waals surface area contributed by atoms with Crippen LogP contribution in [0, 0.1) is 0 Å². The summed E-state index contributed by atoms with van der Waals surface area (Å²) >= 11 is 0. The van der Waals surface area contributed by atoms with Crippen LogP contribution in [0.25, 0.3) is 11.1 Å². The van der Waals surface area contributed by atoms with Crippen molar-refractivity contribution in [2.45, 2.75) is 0 Å². The van der Waals surface area contributed by atoms with Crippen molar-refractivity contribution in [2.75, 3.05) is 0 Å². The van der Waals surface area contributed by atoms with Crippen molar-refractivity contribution in [1.82, 2.24) is 0 Å². The number of fused-ring (bicyclic) bond motifs is 2. The van der Waals surface area contributed by atoms with Crippen LogP contribution in [-0.4, -0.2) is 6.71 Å². The van der Waals surface area contributed by atoms with Crippen molar-refractivity contribution in [3.63, 3.8) is 0 Å². The summed E-state index contributed by atoms with van der Waals surface area (Å²) in [4.78, 5) is 0. The second-order valence-corrected chi connectivity index (χ2v) is 6.63. The van der Waals surface area contributed by atoms with Crippen LogP contribution in [0.15, 0.2) is 103 Å². The zero-order chi connectivity index (χ0) is 18.2. The summed E-state index contributed by atoms with van der Waals surface area (Å²) in [6.45, 7) is 3.84. The minimum Gasteiger partial charge on any atom is -0.459 e. The van der Waals surface area contributed by atoms with Crippen LogP contribution in [-0.2, 0) is 0 Å². The number of rotatable bonds is 3. The van der Waals surface area contributed by atoms with E-state index < -0.39 is 0 Å². The Labute approximate surface area is 159 Å². The van der Waals surface area contributed by atoms with Crippen LogP contribution in [0.2, 0.25) is 0 Å². The predicted octanol–water partition coefficient (Wildman–Crippen LogP) is 4.63. The predicted molar refractivity (Wildman–Crippen MR) is 111 cm³/mol. The second-order valence-electron chi connectivity index (χ2n) is 6.63. The molecule has 0 radical (unpaired) electrons. The molecule has 0 aliphatic carbocycles. The summed E-state index contributed by atoms with van der Waals surface area (Å²) in [6, 6.07) is 22.8. The maximum absolute atomic E-state index is 6.19. The van der Waals surface area contributed by atoms with E-state index in [0.29, 0.717) is 0 Å². The van der Waals surface area contributed by atoms with E-state index in [1.807, 2.05) is 36.4 Å². The minimum atomic E-state index is 0.0989. The van der Waals surface area contributed by atoms with Crippen LogP contribution in [0.4, 0.5) is 0 Å². The monoisotopic (exact) mass is 348 g/mol. The largest absolute Gasteiger partial charge is 0.459 e. The van der Waals surface area contributed by atoms with Crippen LogP contribution in [0.3, 0.4) is 0 Å². The third kappa shape index (κ3) is 2.68. The minimum absolute atomic E-state index is 0.0989. The first-order valence-corrected chi connectivity index (χ1v) is 9.02. The van der Waals surface area contributed by atoms with E-state index in [1.165, 1.54) is 11.1 Å². The summed E-state index contributed by atoms with van der Waals surface area (Å²) in [5.41, 5.74) is 4.62. The Bertz CT molecular complexity index is 1100. The van der Waals surface area contributed by atoms with E-state index in [0.717, 1.165) is 33.9 Å². The number of hydrogen-bond acceptors (Lipinski definition) is 2. The average molecular weight is 348 g/mol. The molecule has 0 spiro atoms. The molecule has 2 aliphatic heterocycles. The van der Waals surface area contributed by atoms with Gasteiger partial charge in [-0.3, -0.25) is 0 Å². The topological polar surface area (TPSA) is 18.5 Å². The zero-order valence-electron chi connectivity index (χ0n) is 14.8. The van der Waals surface area contributed by atoms with E-state index in [9.17, 15) is 0 Å². The Morgan fingerprint density at radius 1 is 0.778 bits per heavy atom. The molecule has 3 aromatic rings. The Morgan fingerprint density at radius 3 is 2.41 bits per heavy atom. The average Bonchev–Trinajstić information content (AvgIpc) is 2.73. The maximum atomic E-state index is 6.19. The number of benzene rings is 3. The van der Waals surface area contributed by atoms with Gasteiger partial charge < -0.3 is 9.47 Å². The lowest BCUT2D eigenvalue weighted by Gasteiger charge is -2.30. The van der Waals surface area contributed by atoms with Gasteiger partial charge >= 0.3 is 0 Å². The summed E-state index contributed by atoms with van der Waals surface area (Å²) in [5, 5.41) is 0. The van der Waals surface area contributed by atoms with Gasteiger partial charge in [0.1, 0.15) is 23.0 Å². The highest BCUT2D eigenvalue weighted by atomic mass is 16.5. The lowest BCUT2D eigenvalue weighted by molar-refractivity contribution is 0.437. The third-order valence-corrected chi connectivity index (χ3v) is 4.96. The highest BCUT2D eigenvalue weighted by Crippen LogP contribution is 2.33. The molecule has 0 fully saturated rings. The van der Waals surface area contributed by atoms with Crippen molar-refractivity contribution in [1.29, 1.82) is 0 Å². The fourth-order valence-corrected chi connectivity index (χ4v) is 3.73. The van der Waals surface area contributed by atoms with E-state index in [1.54, 1.807) is 6.08 Å². The maximum Gasteiger partial charge on any atom is 0.252 e. The van der Waals surface area contributed by atoms with Crippen molar-refractivity contribution in [3.05, 3.63) is 103 Å². The molecule has 0 unspecified atom stereocenters. The van der Waals surface area contributed by atoms with Gasteiger partial charge in [0.05, 0.1) is 0 Å². The summed E-state index contributed by atoms with van der Waals surface area (Å²) < 4.78 is 12.2. The molecule has 2 heterocycles. The molecule has 0 saturated heterocycles. The van der Waals surface area contributed by atoms with Gasteiger partial charge in [0, 0.05) is 5.46 Å². The van der Waals surface area contributed by atoms with Gasteiger partial charge in [0.15, 0.2) is 0 Å². The van der Waals surface area contributed by atoms with Gasteiger partial charge in [-0.15, -0.1) is 0 Å². The van der Waals surface area contributed by atoms with Gasteiger partial charge in [-0.2, -0.15) is 0 Å². The van der Waals surface area contributed by atoms with Crippen molar-refractivity contribution in [2.24, 2.45) is 0 Å². The molecule has 0 aromatic heterocycles. The Hall–Kier alpha value is -3.46. The number of ether oxygens (including phenoxy) is 2. The molecule has 0 saturated carbocycles. The lowest BCUT2D eigenvalue weighted by Crippen LogP contribution is -2.48. The first-order valence-electron chi connectivity index (χ1n) is 9.02. The molecule has 0 bridgehead atoms. The van der Waals surface area contributed by atoms with Gasteiger partial charge in [-0.05, 0) is 40.9 Å². The Balaban J connectivity index is 1.68. The Kier molecular flexibility index (Phi) is 3.72. The summed E-state index contributed by atoms with van der Waals surface area (Å²) in [6.07, 6.45) is 5.58. The molecule has 5 rings (SSSR count). The van der Waals surface area contributed by atoms with Crippen LogP contribution in [0.1, 0.15) is 0 Å². The zero-order valence-corrected chi connectivity index (χ0v) is 14.8. The molecule has 2 aliphatic rings. The molecular formula is C24H17BO2. The van der Waals surface area contributed by atoms with E-state index >= 15 is 0 Å². The first kappa shape index (κ1) is 15.8. The summed E-state index contributed by atoms with van der Waals surface area (Å²) in [5.74, 6) is 5.58. The van der Waals surface area contributed by atoms with Crippen LogP contribution in [0.5, 0.6) is 17.2 Å². The molecule has 3 heteroatoms. The van der Waals surface area contributed by atoms with E-state index in [2.05, 4.69) is 55.0 Å². The Morgan fingerprint density at radius 2 is 1.59 bits per heavy atom. The lowest BCUT2D eigenvalue weighted by atomic mass is 9.38. The van der Waals surface area contributed by atoms with E-state index in [-0.39, 0.29) is 6.71 Å². The third-order valence-electron chi connectivity index (χ3n) is 4.96. The molecule has 128 valence electrons. The van der Waals surface area contributed by atoms with Gasteiger partial charge in [0.2, 0.25) is 0 Å². The van der Waals surface area contributed by atoms with Crippen LogP contribution < -0.4 is 20.4 Å². The summed E-state index contributed by atoms with van der Waals surface area (Å²) in [7, 11) is 0. The van der Waals surface area contributed by atoms with Crippen molar-refractivity contribution in [3.8, 4) is 28.4 Å². The van der Waals surface area contributed by atoms with Gasteiger partial charge in [-0.25, -0.2) is 0 Å². The first-order chi connectivity index (χ1) is 13.3.